The van der Waals surface area contributed by atoms with Gasteiger partial charge in [0.2, 0.25) is 0 Å². The third kappa shape index (κ3) is 2.82. The first kappa shape index (κ1) is 16.2. The van der Waals surface area contributed by atoms with Crippen LogP contribution in [0.3, 0.4) is 0 Å². The van der Waals surface area contributed by atoms with E-state index in [9.17, 15) is 9.59 Å². The van der Waals surface area contributed by atoms with Gasteiger partial charge in [-0.3, -0.25) is 14.2 Å². The van der Waals surface area contributed by atoms with Crippen LogP contribution in [0.2, 0.25) is 0 Å². The van der Waals surface area contributed by atoms with Gasteiger partial charge in [-0.05, 0) is 62.3 Å². The van der Waals surface area contributed by atoms with E-state index in [2.05, 4.69) is 11.1 Å². The molecule has 0 bridgehead atoms. The lowest BCUT2D eigenvalue weighted by molar-refractivity contribution is 0.0970. The fourth-order valence-corrected chi connectivity index (χ4v) is 4.52. The van der Waals surface area contributed by atoms with Gasteiger partial charge in [-0.25, -0.2) is 4.98 Å². The maximum Gasteiger partial charge on any atom is 0.262 e. The molecule has 0 spiro atoms. The maximum atomic E-state index is 12.7. The van der Waals surface area contributed by atoms with Crippen molar-refractivity contribution in [2.45, 2.75) is 46.1 Å². The SMILES string of the molecule is Cc1sc2ncn(CC(=O)c3ccc4c(c3)CCCC4)c(=O)c2c1C. The molecule has 4 rings (SSSR count). The van der Waals surface area contributed by atoms with Crippen LogP contribution in [-0.4, -0.2) is 15.3 Å². The lowest BCUT2D eigenvalue weighted by atomic mass is 9.90. The van der Waals surface area contributed by atoms with E-state index in [1.54, 1.807) is 0 Å². The molecule has 0 saturated carbocycles. The van der Waals surface area contributed by atoms with E-state index in [1.165, 1.54) is 46.2 Å². The number of rotatable bonds is 3. The third-order valence-electron chi connectivity index (χ3n) is 5.14. The zero-order chi connectivity index (χ0) is 17.6. The van der Waals surface area contributed by atoms with Gasteiger partial charge in [0.05, 0.1) is 18.3 Å². The Hall–Kier alpha value is -2.27. The van der Waals surface area contributed by atoms with E-state index in [4.69, 9.17) is 0 Å². The topological polar surface area (TPSA) is 52.0 Å². The van der Waals surface area contributed by atoms with Crippen molar-refractivity contribution >= 4 is 27.3 Å². The van der Waals surface area contributed by atoms with Crippen molar-refractivity contribution in [1.82, 2.24) is 9.55 Å². The average molecular weight is 352 g/mol. The molecule has 4 nitrogen and oxygen atoms in total. The van der Waals surface area contributed by atoms with Crippen LogP contribution in [0.1, 0.15) is 44.8 Å². The Balaban J connectivity index is 1.67. The van der Waals surface area contributed by atoms with Crippen LogP contribution in [0.4, 0.5) is 0 Å². The van der Waals surface area contributed by atoms with Crippen molar-refractivity contribution in [3.05, 3.63) is 62.0 Å². The van der Waals surface area contributed by atoms with E-state index in [1.807, 2.05) is 26.0 Å². The molecule has 0 atom stereocenters. The Morgan fingerprint density at radius 3 is 2.76 bits per heavy atom. The number of hydrogen-bond acceptors (Lipinski definition) is 4. The Kier molecular flexibility index (Phi) is 4.04. The molecule has 0 N–H and O–H groups in total. The molecular formula is C20H20N2O2S. The summed E-state index contributed by atoms with van der Waals surface area (Å²) in [5.41, 5.74) is 4.16. The first-order chi connectivity index (χ1) is 12.0. The minimum atomic E-state index is -0.127. The molecule has 1 aliphatic rings. The summed E-state index contributed by atoms with van der Waals surface area (Å²) in [6, 6.07) is 5.97. The van der Waals surface area contributed by atoms with Crippen LogP contribution >= 0.6 is 11.3 Å². The van der Waals surface area contributed by atoms with Crippen LogP contribution in [0.25, 0.3) is 10.2 Å². The van der Waals surface area contributed by atoms with E-state index in [0.717, 1.165) is 28.1 Å². The van der Waals surface area contributed by atoms with E-state index in [0.29, 0.717) is 10.9 Å². The number of Topliss-reactive ketones (excluding diaryl/α,β-unsaturated/α-hetero) is 1. The summed E-state index contributed by atoms with van der Waals surface area (Å²) in [6.07, 6.45) is 6.04. The van der Waals surface area contributed by atoms with Crippen molar-refractivity contribution in [1.29, 1.82) is 0 Å². The van der Waals surface area contributed by atoms with Crippen LogP contribution < -0.4 is 5.56 Å². The number of carbonyl (C=O) groups excluding carboxylic acids is 1. The lowest BCUT2D eigenvalue weighted by Gasteiger charge is -2.16. The van der Waals surface area contributed by atoms with Crippen molar-refractivity contribution in [2.75, 3.05) is 0 Å². The summed E-state index contributed by atoms with van der Waals surface area (Å²) in [5, 5.41) is 0.642. The molecular weight excluding hydrogens is 332 g/mol. The van der Waals surface area contributed by atoms with E-state index >= 15 is 0 Å². The highest BCUT2D eigenvalue weighted by Gasteiger charge is 2.16. The minimum Gasteiger partial charge on any atom is -0.292 e. The molecule has 0 saturated heterocycles. The second kappa shape index (κ2) is 6.23. The van der Waals surface area contributed by atoms with Gasteiger partial charge < -0.3 is 0 Å². The van der Waals surface area contributed by atoms with Gasteiger partial charge in [-0.2, -0.15) is 0 Å². The molecule has 0 aliphatic heterocycles. The Bertz CT molecular complexity index is 1050. The van der Waals surface area contributed by atoms with Crippen LogP contribution in [0.5, 0.6) is 0 Å². The first-order valence-corrected chi connectivity index (χ1v) is 9.46. The fourth-order valence-electron chi connectivity index (χ4n) is 3.54. The smallest absolute Gasteiger partial charge is 0.262 e. The third-order valence-corrected chi connectivity index (χ3v) is 6.26. The normalized spacial score (nSPS) is 13.8. The quantitative estimate of drug-likeness (QED) is 0.673. The Morgan fingerprint density at radius 1 is 1.20 bits per heavy atom. The van der Waals surface area contributed by atoms with Crippen molar-refractivity contribution in [3.63, 3.8) is 0 Å². The van der Waals surface area contributed by atoms with Crippen LogP contribution in [0, 0.1) is 13.8 Å². The molecule has 1 aromatic carbocycles. The summed E-state index contributed by atoms with van der Waals surface area (Å²) < 4.78 is 1.43. The largest absolute Gasteiger partial charge is 0.292 e. The van der Waals surface area contributed by atoms with Gasteiger partial charge in [0.1, 0.15) is 4.83 Å². The number of aryl methyl sites for hydroxylation is 4. The summed E-state index contributed by atoms with van der Waals surface area (Å²) in [7, 11) is 0. The molecule has 0 fully saturated rings. The molecule has 0 unspecified atom stereocenters. The summed E-state index contributed by atoms with van der Waals surface area (Å²) in [5.74, 6) is -0.0405. The predicted octanol–water partition coefficient (Wildman–Crippen LogP) is 3.84. The molecule has 0 radical (unpaired) electrons. The Labute approximate surface area is 150 Å². The summed E-state index contributed by atoms with van der Waals surface area (Å²) >= 11 is 1.52. The second-order valence-corrected chi connectivity index (χ2v) is 7.96. The second-order valence-electron chi connectivity index (χ2n) is 6.75. The number of aromatic nitrogens is 2. The van der Waals surface area contributed by atoms with Gasteiger partial charge >= 0.3 is 0 Å². The van der Waals surface area contributed by atoms with Crippen molar-refractivity contribution in [3.8, 4) is 0 Å². The highest BCUT2D eigenvalue weighted by Crippen LogP contribution is 2.26. The summed E-state index contributed by atoms with van der Waals surface area (Å²) in [6.45, 7) is 3.96. The predicted molar refractivity (Wildman–Crippen MR) is 101 cm³/mol. The molecule has 1 aliphatic carbocycles. The lowest BCUT2D eigenvalue weighted by Crippen LogP contribution is -2.24. The van der Waals surface area contributed by atoms with Gasteiger partial charge in [0.25, 0.3) is 5.56 Å². The van der Waals surface area contributed by atoms with Crippen LogP contribution in [0.15, 0.2) is 29.3 Å². The number of fused-ring (bicyclic) bond motifs is 2. The highest BCUT2D eigenvalue weighted by molar-refractivity contribution is 7.18. The number of hydrogen-bond donors (Lipinski definition) is 0. The minimum absolute atomic E-state index is 0.0366. The van der Waals surface area contributed by atoms with Gasteiger partial charge in [-0.1, -0.05) is 12.1 Å². The standard InChI is InChI=1S/C20H20N2O2S/c1-12-13(2)25-19-18(12)20(24)22(11-21-19)10-17(23)16-8-7-14-5-3-4-6-15(14)9-16/h7-9,11H,3-6,10H2,1-2H3. The zero-order valence-corrected chi connectivity index (χ0v) is 15.3. The van der Waals surface area contributed by atoms with E-state index < -0.39 is 0 Å². The molecule has 25 heavy (non-hydrogen) atoms. The summed E-state index contributed by atoms with van der Waals surface area (Å²) in [4.78, 5) is 31.6. The van der Waals surface area contributed by atoms with Crippen molar-refractivity contribution in [2.24, 2.45) is 0 Å². The number of ketones is 1. The van der Waals surface area contributed by atoms with Crippen LogP contribution in [-0.2, 0) is 19.4 Å². The molecule has 5 heteroatoms. The monoisotopic (exact) mass is 352 g/mol. The number of nitrogens with zero attached hydrogens (tertiary/aromatic N) is 2. The first-order valence-electron chi connectivity index (χ1n) is 8.65. The molecule has 0 amide bonds. The fraction of sp³-hybridized carbons (Fsp3) is 0.350. The van der Waals surface area contributed by atoms with Crippen molar-refractivity contribution < 1.29 is 4.79 Å². The Morgan fingerprint density at radius 2 is 1.96 bits per heavy atom. The van der Waals surface area contributed by atoms with Gasteiger partial charge in [0.15, 0.2) is 5.78 Å². The number of carbonyl (C=O) groups is 1. The zero-order valence-electron chi connectivity index (χ0n) is 14.5. The van der Waals surface area contributed by atoms with E-state index in [-0.39, 0.29) is 17.9 Å². The molecule has 3 aromatic rings. The molecule has 128 valence electrons. The van der Waals surface area contributed by atoms with Gasteiger partial charge in [0, 0.05) is 10.4 Å². The number of benzene rings is 1. The number of thiophene rings is 1. The maximum absolute atomic E-state index is 12.7. The average Bonchev–Trinajstić information content (AvgIpc) is 2.92. The molecule has 2 heterocycles. The molecule has 2 aromatic heterocycles. The highest BCUT2D eigenvalue weighted by atomic mass is 32.1. The van der Waals surface area contributed by atoms with Gasteiger partial charge in [-0.15, -0.1) is 11.3 Å².